The van der Waals surface area contributed by atoms with Gasteiger partial charge in [0.05, 0.1) is 0 Å². The molecular weight excluding hydrogens is 369 g/mol. The molecule has 1 aliphatic heterocycles. The quantitative estimate of drug-likeness (QED) is 0.840. The summed E-state index contributed by atoms with van der Waals surface area (Å²) in [5.74, 6) is -0.670. The van der Waals surface area contributed by atoms with Gasteiger partial charge < -0.3 is 9.80 Å². The van der Waals surface area contributed by atoms with Crippen molar-refractivity contribution in [2.45, 2.75) is 30.7 Å². The highest BCUT2D eigenvalue weighted by Crippen LogP contribution is 2.29. The molecule has 0 aliphatic carbocycles. The predicted octanol–water partition coefficient (Wildman–Crippen LogP) is 2.26. The van der Waals surface area contributed by atoms with Crippen molar-refractivity contribution in [2.24, 2.45) is 0 Å². The van der Waals surface area contributed by atoms with Gasteiger partial charge in [0.1, 0.15) is 22.9 Å². The Bertz CT molecular complexity index is 882. The van der Waals surface area contributed by atoms with Crippen LogP contribution in [-0.2, 0) is 10.0 Å². The van der Waals surface area contributed by atoms with Crippen molar-refractivity contribution in [1.82, 2.24) is 14.9 Å². The number of benzene rings is 1. The second-order valence-corrected chi connectivity index (χ2v) is 8.60. The Balaban J connectivity index is 1.89. The Morgan fingerprint density at radius 2 is 2.11 bits per heavy atom. The van der Waals surface area contributed by atoms with Crippen LogP contribution in [0.3, 0.4) is 0 Å². The van der Waals surface area contributed by atoms with Crippen LogP contribution in [0.1, 0.15) is 18.4 Å². The van der Waals surface area contributed by atoms with E-state index in [1.807, 2.05) is 14.1 Å². The van der Waals surface area contributed by atoms with Crippen molar-refractivity contribution in [3.05, 3.63) is 42.1 Å². The molecule has 27 heavy (non-hydrogen) atoms. The van der Waals surface area contributed by atoms with Gasteiger partial charge in [0.2, 0.25) is 0 Å². The number of aryl methyl sites for hydroxylation is 1. The number of likely N-dealkylation sites (N-methyl/N-ethyl adjacent to an activating group) is 1. The van der Waals surface area contributed by atoms with Crippen LogP contribution in [0.2, 0.25) is 0 Å². The summed E-state index contributed by atoms with van der Waals surface area (Å²) in [6, 6.07) is 4.84. The SMILES string of the molecule is Cc1cc(N2CCCC(N(C)C)C2)cc(F)c1S(=O)(=O)Nc1ccncn1. The van der Waals surface area contributed by atoms with Crippen LogP contribution in [-0.4, -0.2) is 56.5 Å². The summed E-state index contributed by atoms with van der Waals surface area (Å²) < 4.78 is 42.4. The fourth-order valence-electron chi connectivity index (χ4n) is 3.39. The van der Waals surface area contributed by atoms with E-state index < -0.39 is 15.8 Å². The summed E-state index contributed by atoms with van der Waals surface area (Å²) in [5.41, 5.74) is 1.07. The molecule has 7 nitrogen and oxygen atoms in total. The van der Waals surface area contributed by atoms with Gasteiger partial charge in [-0.1, -0.05) is 0 Å². The minimum absolute atomic E-state index is 0.0951. The first-order valence-corrected chi connectivity index (χ1v) is 10.3. The lowest BCUT2D eigenvalue weighted by molar-refractivity contribution is 0.258. The molecule has 1 aromatic carbocycles. The van der Waals surface area contributed by atoms with E-state index in [0.29, 0.717) is 17.3 Å². The predicted molar refractivity (Wildman–Crippen MR) is 103 cm³/mol. The van der Waals surface area contributed by atoms with E-state index in [0.717, 1.165) is 25.9 Å². The number of nitrogens with zero attached hydrogens (tertiary/aromatic N) is 4. The minimum atomic E-state index is -4.09. The van der Waals surface area contributed by atoms with Gasteiger partial charge in [0.15, 0.2) is 0 Å². The standard InChI is InChI=1S/C18H24FN5O2S/c1-13-9-15(24-8-4-5-14(11-24)23(2)3)10-16(19)18(13)27(25,26)22-17-6-7-20-12-21-17/h6-7,9-10,12,14H,4-5,8,11H2,1-3H3,(H,20,21,22). The average molecular weight is 393 g/mol. The number of piperidine rings is 1. The van der Waals surface area contributed by atoms with Crippen LogP contribution < -0.4 is 9.62 Å². The first-order valence-electron chi connectivity index (χ1n) is 8.78. The monoisotopic (exact) mass is 393 g/mol. The summed E-state index contributed by atoms with van der Waals surface area (Å²) in [5, 5.41) is 0. The Hall–Kier alpha value is -2.26. The van der Waals surface area contributed by atoms with E-state index in [-0.39, 0.29) is 10.7 Å². The van der Waals surface area contributed by atoms with E-state index in [2.05, 4.69) is 24.5 Å². The first kappa shape index (κ1) is 19.5. The fraction of sp³-hybridized carbons (Fsp3) is 0.444. The van der Waals surface area contributed by atoms with Crippen LogP contribution in [0.15, 0.2) is 35.6 Å². The van der Waals surface area contributed by atoms with E-state index >= 15 is 0 Å². The normalized spacial score (nSPS) is 18.0. The number of sulfonamides is 1. The Morgan fingerprint density at radius 1 is 1.33 bits per heavy atom. The molecule has 0 spiro atoms. The third-order valence-electron chi connectivity index (χ3n) is 4.80. The molecule has 0 amide bonds. The maximum absolute atomic E-state index is 14.8. The Labute approximate surface area is 159 Å². The number of nitrogens with one attached hydrogen (secondary N) is 1. The number of aromatic nitrogens is 2. The lowest BCUT2D eigenvalue weighted by Crippen LogP contribution is -2.45. The van der Waals surface area contributed by atoms with Gasteiger partial charge in [0.25, 0.3) is 10.0 Å². The molecule has 3 rings (SSSR count). The van der Waals surface area contributed by atoms with Crippen LogP contribution >= 0.6 is 0 Å². The van der Waals surface area contributed by atoms with E-state index in [1.165, 1.54) is 24.7 Å². The topological polar surface area (TPSA) is 78.4 Å². The van der Waals surface area contributed by atoms with Crippen molar-refractivity contribution in [3.8, 4) is 0 Å². The van der Waals surface area contributed by atoms with E-state index in [1.54, 1.807) is 13.0 Å². The van der Waals surface area contributed by atoms with E-state index in [9.17, 15) is 12.8 Å². The zero-order chi connectivity index (χ0) is 19.6. The molecule has 1 unspecified atom stereocenters. The molecule has 146 valence electrons. The molecule has 0 bridgehead atoms. The molecule has 1 fully saturated rings. The second-order valence-electron chi connectivity index (χ2n) is 6.98. The lowest BCUT2D eigenvalue weighted by Gasteiger charge is -2.37. The van der Waals surface area contributed by atoms with Gasteiger partial charge in [-0.3, -0.25) is 4.72 Å². The summed E-state index contributed by atoms with van der Waals surface area (Å²) >= 11 is 0. The summed E-state index contributed by atoms with van der Waals surface area (Å²) in [6.45, 7) is 3.22. The summed E-state index contributed by atoms with van der Waals surface area (Å²) in [6.07, 6.45) is 4.75. The highest BCUT2D eigenvalue weighted by molar-refractivity contribution is 7.92. The zero-order valence-corrected chi connectivity index (χ0v) is 16.5. The largest absolute Gasteiger partial charge is 0.370 e. The van der Waals surface area contributed by atoms with Crippen LogP contribution in [0.5, 0.6) is 0 Å². The van der Waals surface area contributed by atoms with Crippen LogP contribution in [0.25, 0.3) is 0 Å². The average Bonchev–Trinajstić information content (AvgIpc) is 2.61. The minimum Gasteiger partial charge on any atom is -0.370 e. The Kier molecular flexibility index (Phi) is 5.61. The number of anilines is 2. The Morgan fingerprint density at radius 3 is 2.74 bits per heavy atom. The highest BCUT2D eigenvalue weighted by Gasteiger charge is 2.26. The number of rotatable bonds is 5. The van der Waals surface area contributed by atoms with Gasteiger partial charge in [-0.05, 0) is 57.6 Å². The molecule has 0 saturated carbocycles. The molecule has 1 N–H and O–H groups in total. The van der Waals surface area contributed by atoms with Crippen molar-refractivity contribution in [2.75, 3.05) is 36.8 Å². The number of hydrogen-bond acceptors (Lipinski definition) is 6. The molecule has 1 aromatic heterocycles. The van der Waals surface area contributed by atoms with Gasteiger partial charge in [0, 0.05) is 31.0 Å². The van der Waals surface area contributed by atoms with Gasteiger partial charge in [-0.15, -0.1) is 0 Å². The third-order valence-corrected chi connectivity index (χ3v) is 6.33. The molecule has 1 aliphatic rings. The van der Waals surface area contributed by atoms with Crippen molar-refractivity contribution < 1.29 is 12.8 Å². The van der Waals surface area contributed by atoms with Gasteiger partial charge in [-0.25, -0.2) is 22.8 Å². The fourth-order valence-corrected chi connectivity index (χ4v) is 4.68. The van der Waals surface area contributed by atoms with Gasteiger partial charge in [-0.2, -0.15) is 0 Å². The third kappa shape index (κ3) is 4.36. The number of halogens is 1. The second kappa shape index (κ2) is 7.77. The molecule has 1 saturated heterocycles. The van der Waals surface area contributed by atoms with Crippen molar-refractivity contribution in [1.29, 1.82) is 0 Å². The maximum Gasteiger partial charge on any atom is 0.266 e. The van der Waals surface area contributed by atoms with Crippen LogP contribution in [0, 0.1) is 12.7 Å². The van der Waals surface area contributed by atoms with E-state index in [4.69, 9.17) is 0 Å². The lowest BCUT2D eigenvalue weighted by atomic mass is 10.0. The first-order chi connectivity index (χ1) is 12.8. The zero-order valence-electron chi connectivity index (χ0n) is 15.7. The van der Waals surface area contributed by atoms with Crippen molar-refractivity contribution in [3.63, 3.8) is 0 Å². The van der Waals surface area contributed by atoms with Gasteiger partial charge >= 0.3 is 0 Å². The molecule has 1 atom stereocenters. The molecule has 0 radical (unpaired) electrons. The highest BCUT2D eigenvalue weighted by atomic mass is 32.2. The number of hydrogen-bond donors (Lipinski definition) is 1. The summed E-state index contributed by atoms with van der Waals surface area (Å²) in [4.78, 5) is 11.5. The molecular formula is C18H24FN5O2S. The maximum atomic E-state index is 14.8. The summed E-state index contributed by atoms with van der Waals surface area (Å²) in [7, 11) is -0.0160. The smallest absolute Gasteiger partial charge is 0.266 e. The van der Waals surface area contributed by atoms with Crippen LogP contribution in [0.4, 0.5) is 15.9 Å². The molecule has 2 heterocycles. The molecule has 2 aromatic rings. The van der Waals surface area contributed by atoms with Crippen molar-refractivity contribution >= 4 is 21.5 Å². The molecule has 9 heteroatoms.